The number of oxazole rings is 1. The summed E-state index contributed by atoms with van der Waals surface area (Å²) in [5.74, 6) is 2.33. The summed E-state index contributed by atoms with van der Waals surface area (Å²) in [6, 6.07) is 15.2. The summed E-state index contributed by atoms with van der Waals surface area (Å²) < 4.78 is 16.2. The van der Waals surface area contributed by atoms with Crippen molar-refractivity contribution in [3.05, 3.63) is 65.5 Å². The second-order valence-corrected chi connectivity index (χ2v) is 6.03. The molecule has 0 aliphatic rings. The van der Waals surface area contributed by atoms with Crippen molar-refractivity contribution in [2.24, 2.45) is 0 Å². The molecule has 3 rings (SSSR count). The Labute approximate surface area is 158 Å². The summed E-state index contributed by atoms with van der Waals surface area (Å²) in [6.07, 6.45) is 0.162. The van der Waals surface area contributed by atoms with Gasteiger partial charge in [-0.25, -0.2) is 4.98 Å². The van der Waals surface area contributed by atoms with E-state index in [0.29, 0.717) is 35.4 Å². The van der Waals surface area contributed by atoms with Crippen LogP contribution in [0.15, 0.2) is 52.9 Å². The number of benzene rings is 2. The van der Waals surface area contributed by atoms with Gasteiger partial charge in [-0.15, -0.1) is 0 Å². The maximum atomic E-state index is 12.3. The maximum Gasteiger partial charge on any atom is 0.226 e. The summed E-state index contributed by atoms with van der Waals surface area (Å²) >= 11 is 0. The van der Waals surface area contributed by atoms with E-state index < -0.39 is 0 Å². The third-order valence-corrected chi connectivity index (χ3v) is 4.18. The van der Waals surface area contributed by atoms with Crippen LogP contribution in [0.1, 0.15) is 17.0 Å². The summed E-state index contributed by atoms with van der Waals surface area (Å²) in [5.41, 5.74) is 2.44. The average molecular weight is 366 g/mol. The molecular weight excluding hydrogens is 344 g/mol. The predicted molar refractivity (Wildman–Crippen MR) is 102 cm³/mol. The number of nitrogens with zero attached hydrogens (tertiary/aromatic N) is 1. The number of aryl methyl sites for hydroxylation is 1. The Bertz CT molecular complexity index is 919. The van der Waals surface area contributed by atoms with Gasteiger partial charge < -0.3 is 19.2 Å². The molecule has 140 valence electrons. The summed E-state index contributed by atoms with van der Waals surface area (Å²) in [4.78, 5) is 16.8. The van der Waals surface area contributed by atoms with Crippen LogP contribution in [0.3, 0.4) is 0 Å². The molecule has 0 fully saturated rings. The van der Waals surface area contributed by atoms with E-state index in [1.54, 1.807) is 14.2 Å². The first-order chi connectivity index (χ1) is 13.1. The third kappa shape index (κ3) is 4.47. The zero-order chi connectivity index (χ0) is 19.2. The highest BCUT2D eigenvalue weighted by Crippen LogP contribution is 2.27. The van der Waals surface area contributed by atoms with Gasteiger partial charge in [-0.3, -0.25) is 4.79 Å². The van der Waals surface area contributed by atoms with Gasteiger partial charge in [0.15, 0.2) is 11.5 Å². The van der Waals surface area contributed by atoms with Gasteiger partial charge in [0.25, 0.3) is 0 Å². The third-order valence-electron chi connectivity index (χ3n) is 4.18. The summed E-state index contributed by atoms with van der Waals surface area (Å²) in [6.45, 7) is 2.21. The lowest BCUT2D eigenvalue weighted by molar-refractivity contribution is -0.120. The fourth-order valence-corrected chi connectivity index (χ4v) is 2.70. The van der Waals surface area contributed by atoms with E-state index in [1.807, 2.05) is 55.5 Å². The summed E-state index contributed by atoms with van der Waals surface area (Å²) in [7, 11) is 3.17. The van der Waals surface area contributed by atoms with Gasteiger partial charge in [-0.1, -0.05) is 24.3 Å². The highest BCUT2D eigenvalue weighted by Gasteiger charge is 2.14. The number of carbonyl (C=O) groups excluding carboxylic acids is 1. The monoisotopic (exact) mass is 366 g/mol. The number of nitrogens with one attached hydrogen (secondary N) is 1. The molecular formula is C21H22N2O4. The molecule has 6 heteroatoms. The molecule has 0 unspecified atom stereocenters. The topological polar surface area (TPSA) is 73.6 Å². The fourth-order valence-electron chi connectivity index (χ4n) is 2.70. The van der Waals surface area contributed by atoms with Crippen LogP contribution in [-0.2, 0) is 17.8 Å². The molecule has 0 aliphatic heterocycles. The Balaban J connectivity index is 1.62. The van der Waals surface area contributed by atoms with Crippen LogP contribution in [0.2, 0.25) is 0 Å². The number of aromatic nitrogens is 1. The van der Waals surface area contributed by atoms with Crippen molar-refractivity contribution in [2.45, 2.75) is 19.9 Å². The van der Waals surface area contributed by atoms with Gasteiger partial charge in [0.05, 0.1) is 26.3 Å². The Hall–Kier alpha value is -3.28. The smallest absolute Gasteiger partial charge is 0.226 e. The van der Waals surface area contributed by atoms with Gasteiger partial charge in [-0.2, -0.15) is 0 Å². The minimum atomic E-state index is -0.124. The van der Waals surface area contributed by atoms with E-state index >= 15 is 0 Å². The quantitative estimate of drug-likeness (QED) is 0.692. The molecule has 1 aromatic heterocycles. The van der Waals surface area contributed by atoms with Crippen molar-refractivity contribution >= 4 is 5.91 Å². The molecule has 3 aromatic rings. The first-order valence-corrected chi connectivity index (χ1v) is 8.60. The number of hydrogen-bond donors (Lipinski definition) is 1. The van der Waals surface area contributed by atoms with Crippen molar-refractivity contribution in [2.75, 3.05) is 14.2 Å². The Morgan fingerprint density at radius 3 is 2.52 bits per heavy atom. The van der Waals surface area contributed by atoms with Crippen LogP contribution in [0.4, 0.5) is 0 Å². The number of amides is 1. The van der Waals surface area contributed by atoms with Crippen molar-refractivity contribution in [1.82, 2.24) is 10.3 Å². The van der Waals surface area contributed by atoms with Gasteiger partial charge in [0.1, 0.15) is 5.76 Å². The van der Waals surface area contributed by atoms with E-state index in [9.17, 15) is 4.79 Å². The van der Waals surface area contributed by atoms with Gasteiger partial charge in [-0.05, 0) is 36.8 Å². The highest BCUT2D eigenvalue weighted by molar-refractivity contribution is 5.78. The summed E-state index contributed by atoms with van der Waals surface area (Å²) in [5, 5.41) is 2.90. The predicted octanol–water partition coefficient (Wildman–Crippen LogP) is 3.53. The standard InChI is InChI=1S/C21H22N2O4/c1-14-17(23-21(27-14)16-7-5-4-6-8-16)12-20(24)22-13-15-9-10-18(25-2)19(11-15)26-3/h4-11H,12-13H2,1-3H3,(H,22,24). The maximum absolute atomic E-state index is 12.3. The average Bonchev–Trinajstić information content (AvgIpc) is 3.07. The molecule has 0 radical (unpaired) electrons. The van der Waals surface area contributed by atoms with Crippen molar-refractivity contribution in [3.8, 4) is 23.0 Å². The number of carbonyl (C=O) groups is 1. The van der Waals surface area contributed by atoms with Gasteiger partial charge >= 0.3 is 0 Å². The minimum absolute atomic E-state index is 0.124. The number of methoxy groups -OCH3 is 2. The van der Waals surface area contributed by atoms with Crippen LogP contribution in [0.5, 0.6) is 11.5 Å². The Morgan fingerprint density at radius 1 is 1.07 bits per heavy atom. The van der Waals surface area contributed by atoms with E-state index in [-0.39, 0.29) is 12.3 Å². The molecule has 0 spiro atoms. The van der Waals surface area contributed by atoms with Crippen molar-refractivity contribution < 1.29 is 18.7 Å². The minimum Gasteiger partial charge on any atom is -0.493 e. The lowest BCUT2D eigenvalue weighted by Gasteiger charge is -2.10. The molecule has 2 aromatic carbocycles. The molecule has 1 N–H and O–H groups in total. The van der Waals surface area contributed by atoms with Crippen molar-refractivity contribution in [1.29, 1.82) is 0 Å². The van der Waals surface area contributed by atoms with E-state index in [1.165, 1.54) is 0 Å². The first kappa shape index (κ1) is 18.5. The molecule has 0 aliphatic carbocycles. The van der Waals surface area contributed by atoms with Gasteiger partial charge in [0, 0.05) is 12.1 Å². The highest BCUT2D eigenvalue weighted by atomic mass is 16.5. The molecule has 27 heavy (non-hydrogen) atoms. The Morgan fingerprint density at radius 2 is 1.81 bits per heavy atom. The molecule has 0 atom stereocenters. The van der Waals surface area contributed by atoms with Crippen LogP contribution in [0, 0.1) is 6.92 Å². The zero-order valence-corrected chi connectivity index (χ0v) is 15.6. The SMILES string of the molecule is COc1ccc(CNC(=O)Cc2nc(-c3ccccc3)oc2C)cc1OC. The number of hydrogen-bond acceptors (Lipinski definition) is 5. The zero-order valence-electron chi connectivity index (χ0n) is 15.6. The van der Waals surface area contributed by atoms with Crippen LogP contribution < -0.4 is 14.8 Å². The molecule has 1 amide bonds. The number of ether oxygens (including phenoxy) is 2. The van der Waals surface area contributed by atoms with Crippen LogP contribution in [0.25, 0.3) is 11.5 Å². The van der Waals surface area contributed by atoms with Crippen LogP contribution in [-0.4, -0.2) is 25.1 Å². The van der Waals surface area contributed by atoms with E-state index in [0.717, 1.165) is 11.1 Å². The first-order valence-electron chi connectivity index (χ1n) is 8.60. The van der Waals surface area contributed by atoms with Crippen molar-refractivity contribution in [3.63, 3.8) is 0 Å². The lowest BCUT2D eigenvalue weighted by atomic mass is 10.2. The number of rotatable bonds is 7. The Kier molecular flexibility index (Phi) is 5.76. The fraction of sp³-hybridized carbons (Fsp3) is 0.238. The molecule has 0 saturated heterocycles. The van der Waals surface area contributed by atoms with Gasteiger partial charge in [0.2, 0.25) is 11.8 Å². The lowest BCUT2D eigenvalue weighted by Crippen LogP contribution is -2.25. The molecule has 6 nitrogen and oxygen atoms in total. The van der Waals surface area contributed by atoms with Crippen LogP contribution >= 0.6 is 0 Å². The second kappa shape index (κ2) is 8.40. The van der Waals surface area contributed by atoms with E-state index in [2.05, 4.69) is 10.3 Å². The molecule has 0 bridgehead atoms. The second-order valence-electron chi connectivity index (χ2n) is 6.03. The molecule has 0 saturated carbocycles. The molecule has 1 heterocycles. The largest absolute Gasteiger partial charge is 0.493 e. The normalized spacial score (nSPS) is 10.5. The van der Waals surface area contributed by atoms with E-state index in [4.69, 9.17) is 13.9 Å².